The minimum Gasteiger partial charge on any atom is -0.368 e. The number of nitrogens with one attached hydrogen (secondary N) is 1. The summed E-state index contributed by atoms with van der Waals surface area (Å²) in [6.07, 6.45) is 2.33. The van der Waals surface area contributed by atoms with Gasteiger partial charge in [0, 0.05) is 37.4 Å². The van der Waals surface area contributed by atoms with E-state index in [-0.39, 0.29) is 17.9 Å². The standard InChI is InChI=1S/C24H25N3O2/c28-24(21-12-7-15-29-21)27-14-13-20-19(16-27)23(26-25-20)22(17-8-3-1-4-9-17)18-10-5-2-6-11-18/h1-6,8-11,21-22H,7,12-16H2,(H,25,26)/t21-/m0/s1. The largest absolute Gasteiger partial charge is 0.368 e. The number of rotatable bonds is 4. The van der Waals surface area contributed by atoms with E-state index in [1.165, 1.54) is 11.1 Å². The maximum Gasteiger partial charge on any atom is 0.252 e. The zero-order valence-corrected chi connectivity index (χ0v) is 16.4. The van der Waals surface area contributed by atoms with E-state index in [0.717, 1.165) is 36.2 Å². The van der Waals surface area contributed by atoms with Crippen molar-refractivity contribution >= 4 is 5.91 Å². The molecule has 5 heteroatoms. The lowest BCUT2D eigenvalue weighted by Gasteiger charge is -2.30. The third-order valence-electron chi connectivity index (χ3n) is 6.02. The summed E-state index contributed by atoms with van der Waals surface area (Å²) in [5.41, 5.74) is 5.72. The molecular formula is C24H25N3O2. The van der Waals surface area contributed by atoms with Crippen LogP contribution < -0.4 is 0 Å². The quantitative estimate of drug-likeness (QED) is 0.743. The van der Waals surface area contributed by atoms with Crippen LogP contribution >= 0.6 is 0 Å². The van der Waals surface area contributed by atoms with E-state index in [0.29, 0.717) is 19.7 Å². The average molecular weight is 387 g/mol. The summed E-state index contributed by atoms with van der Waals surface area (Å²) in [4.78, 5) is 14.9. The average Bonchev–Trinajstić information content (AvgIpc) is 3.45. The van der Waals surface area contributed by atoms with Gasteiger partial charge in [-0.1, -0.05) is 60.7 Å². The lowest BCUT2D eigenvalue weighted by molar-refractivity contribution is -0.141. The number of hydrogen-bond donors (Lipinski definition) is 1. The molecule has 1 atom stereocenters. The van der Waals surface area contributed by atoms with E-state index >= 15 is 0 Å². The van der Waals surface area contributed by atoms with Gasteiger partial charge in [-0.25, -0.2) is 0 Å². The van der Waals surface area contributed by atoms with Crippen LogP contribution in [0.3, 0.4) is 0 Å². The number of carbonyl (C=O) groups excluding carboxylic acids is 1. The maximum atomic E-state index is 12.9. The summed E-state index contributed by atoms with van der Waals surface area (Å²) in [7, 11) is 0. The number of amides is 1. The third-order valence-corrected chi connectivity index (χ3v) is 6.02. The molecule has 0 saturated carbocycles. The Morgan fingerprint density at radius 2 is 1.76 bits per heavy atom. The Labute approximate surface area is 170 Å². The van der Waals surface area contributed by atoms with Gasteiger partial charge in [-0.2, -0.15) is 5.10 Å². The molecule has 1 saturated heterocycles. The van der Waals surface area contributed by atoms with Crippen LogP contribution in [0.4, 0.5) is 0 Å². The van der Waals surface area contributed by atoms with Crippen LogP contribution in [-0.2, 0) is 22.5 Å². The zero-order chi connectivity index (χ0) is 19.6. The highest BCUT2D eigenvalue weighted by Crippen LogP contribution is 2.35. The normalized spacial score (nSPS) is 18.8. The highest BCUT2D eigenvalue weighted by atomic mass is 16.5. The smallest absolute Gasteiger partial charge is 0.252 e. The number of aromatic nitrogens is 2. The van der Waals surface area contributed by atoms with Gasteiger partial charge in [-0.3, -0.25) is 9.89 Å². The highest BCUT2D eigenvalue weighted by Gasteiger charge is 2.33. The summed E-state index contributed by atoms with van der Waals surface area (Å²) >= 11 is 0. The lowest BCUT2D eigenvalue weighted by atomic mass is 9.85. The Bertz CT molecular complexity index is 938. The number of H-pyrrole nitrogens is 1. The minimum absolute atomic E-state index is 0.0372. The Morgan fingerprint density at radius 3 is 2.38 bits per heavy atom. The van der Waals surface area contributed by atoms with Gasteiger partial charge < -0.3 is 9.64 Å². The number of aromatic amines is 1. The highest BCUT2D eigenvalue weighted by molar-refractivity contribution is 5.81. The molecule has 1 amide bonds. The minimum atomic E-state index is -0.272. The number of benzene rings is 2. The fourth-order valence-corrected chi connectivity index (χ4v) is 4.52. The molecule has 5 nitrogen and oxygen atoms in total. The molecule has 1 fully saturated rings. The van der Waals surface area contributed by atoms with E-state index in [1.807, 2.05) is 17.0 Å². The topological polar surface area (TPSA) is 58.2 Å². The second-order valence-corrected chi connectivity index (χ2v) is 7.83. The predicted molar refractivity (Wildman–Crippen MR) is 111 cm³/mol. The van der Waals surface area contributed by atoms with E-state index in [1.54, 1.807) is 0 Å². The summed E-state index contributed by atoms with van der Waals surface area (Å²) in [6.45, 7) is 2.00. The molecule has 0 radical (unpaired) electrons. The van der Waals surface area contributed by atoms with Crippen molar-refractivity contribution < 1.29 is 9.53 Å². The van der Waals surface area contributed by atoms with Gasteiger partial charge in [0.2, 0.25) is 0 Å². The van der Waals surface area contributed by atoms with Gasteiger partial charge in [0.1, 0.15) is 6.10 Å². The molecule has 1 N–H and O–H groups in total. The molecule has 0 bridgehead atoms. The molecule has 3 aromatic rings. The molecule has 1 aromatic heterocycles. The van der Waals surface area contributed by atoms with Crippen LogP contribution in [0.5, 0.6) is 0 Å². The molecule has 0 aliphatic carbocycles. The Kier molecular flexibility index (Phi) is 4.90. The molecule has 3 heterocycles. The van der Waals surface area contributed by atoms with E-state index in [9.17, 15) is 4.79 Å². The Morgan fingerprint density at radius 1 is 1.07 bits per heavy atom. The summed E-state index contributed by atoms with van der Waals surface area (Å²) < 4.78 is 5.64. The van der Waals surface area contributed by atoms with Crippen molar-refractivity contribution in [2.75, 3.05) is 13.2 Å². The first-order chi connectivity index (χ1) is 14.3. The summed E-state index contributed by atoms with van der Waals surface area (Å²) in [5.74, 6) is 0.159. The lowest BCUT2D eigenvalue weighted by Crippen LogP contribution is -2.42. The number of ether oxygens (including phenoxy) is 1. The second-order valence-electron chi connectivity index (χ2n) is 7.83. The molecule has 2 aromatic carbocycles. The van der Waals surface area contributed by atoms with Crippen LogP contribution in [0.25, 0.3) is 0 Å². The SMILES string of the molecule is O=C([C@@H]1CCCO1)N1CCc2[nH]nc(C(c3ccccc3)c3ccccc3)c2C1. The van der Waals surface area contributed by atoms with Crippen LogP contribution in [-0.4, -0.2) is 40.3 Å². The van der Waals surface area contributed by atoms with Crippen LogP contribution in [0, 0.1) is 0 Å². The molecule has 148 valence electrons. The number of carbonyl (C=O) groups is 1. The van der Waals surface area contributed by atoms with Gasteiger partial charge in [-0.15, -0.1) is 0 Å². The van der Waals surface area contributed by atoms with Crippen molar-refractivity contribution in [2.24, 2.45) is 0 Å². The summed E-state index contributed by atoms with van der Waals surface area (Å²) in [6, 6.07) is 20.9. The van der Waals surface area contributed by atoms with E-state index in [4.69, 9.17) is 9.84 Å². The van der Waals surface area contributed by atoms with Crippen molar-refractivity contribution in [2.45, 2.75) is 37.8 Å². The first-order valence-electron chi connectivity index (χ1n) is 10.4. The summed E-state index contributed by atoms with van der Waals surface area (Å²) in [5, 5.41) is 8.00. The Hall–Kier alpha value is -2.92. The van der Waals surface area contributed by atoms with Crippen molar-refractivity contribution in [1.82, 2.24) is 15.1 Å². The number of nitrogens with zero attached hydrogens (tertiary/aromatic N) is 2. The van der Waals surface area contributed by atoms with Gasteiger partial charge >= 0.3 is 0 Å². The van der Waals surface area contributed by atoms with Crippen LogP contribution in [0.1, 0.15) is 46.8 Å². The first kappa shape index (κ1) is 18.1. The fourth-order valence-electron chi connectivity index (χ4n) is 4.52. The van der Waals surface area contributed by atoms with Crippen molar-refractivity contribution in [3.63, 3.8) is 0 Å². The van der Waals surface area contributed by atoms with Crippen LogP contribution in [0.15, 0.2) is 60.7 Å². The zero-order valence-electron chi connectivity index (χ0n) is 16.4. The number of fused-ring (bicyclic) bond motifs is 1. The maximum absolute atomic E-state index is 12.9. The van der Waals surface area contributed by atoms with Gasteiger partial charge in [-0.05, 0) is 24.0 Å². The Balaban J connectivity index is 1.51. The van der Waals surface area contributed by atoms with Gasteiger partial charge in [0.25, 0.3) is 5.91 Å². The first-order valence-corrected chi connectivity index (χ1v) is 10.4. The molecule has 5 rings (SSSR count). The van der Waals surface area contributed by atoms with Crippen molar-refractivity contribution in [1.29, 1.82) is 0 Å². The molecule has 2 aliphatic rings. The van der Waals surface area contributed by atoms with E-state index in [2.05, 4.69) is 53.6 Å². The van der Waals surface area contributed by atoms with Gasteiger partial charge in [0.05, 0.1) is 11.6 Å². The van der Waals surface area contributed by atoms with Crippen molar-refractivity contribution in [3.8, 4) is 0 Å². The monoisotopic (exact) mass is 387 g/mol. The van der Waals surface area contributed by atoms with Gasteiger partial charge in [0.15, 0.2) is 0 Å². The second kappa shape index (κ2) is 7.84. The van der Waals surface area contributed by atoms with Crippen LogP contribution in [0.2, 0.25) is 0 Å². The third kappa shape index (κ3) is 3.47. The molecule has 29 heavy (non-hydrogen) atoms. The van der Waals surface area contributed by atoms with E-state index < -0.39 is 0 Å². The molecule has 0 spiro atoms. The number of hydrogen-bond acceptors (Lipinski definition) is 3. The predicted octanol–water partition coefficient (Wildman–Crippen LogP) is 3.65. The van der Waals surface area contributed by atoms with Crippen molar-refractivity contribution in [3.05, 3.63) is 88.7 Å². The fraction of sp³-hybridized carbons (Fsp3) is 0.333. The molecular weight excluding hydrogens is 362 g/mol. The molecule has 2 aliphatic heterocycles. The molecule has 0 unspecified atom stereocenters.